The zero-order valence-electron chi connectivity index (χ0n) is 7.45. The highest BCUT2D eigenvalue weighted by Gasteiger charge is 2.29. The van der Waals surface area contributed by atoms with Crippen molar-refractivity contribution in [2.75, 3.05) is 13.7 Å². The molecule has 1 fully saturated rings. The maximum atomic E-state index is 11.0. The Balaban J connectivity index is 2.39. The second-order valence-corrected chi connectivity index (χ2v) is 3.10. The van der Waals surface area contributed by atoms with Crippen LogP contribution in [0, 0.1) is 5.92 Å². The van der Waals surface area contributed by atoms with Crippen LogP contribution in [0.3, 0.4) is 0 Å². The average molecular weight is 187 g/mol. The van der Waals surface area contributed by atoms with E-state index in [0.29, 0.717) is 19.4 Å². The van der Waals surface area contributed by atoms with E-state index in [1.165, 1.54) is 7.11 Å². The lowest BCUT2D eigenvalue weighted by Crippen LogP contribution is -2.46. The summed E-state index contributed by atoms with van der Waals surface area (Å²) >= 11 is 0. The number of carboxylic acid groups (broad SMARTS) is 1. The molecule has 2 N–H and O–H groups in total. The van der Waals surface area contributed by atoms with Gasteiger partial charge in [-0.3, -0.25) is 9.59 Å². The Labute approximate surface area is 76.1 Å². The molecule has 0 unspecified atom stereocenters. The summed E-state index contributed by atoms with van der Waals surface area (Å²) in [5, 5.41) is 11.4. The van der Waals surface area contributed by atoms with E-state index in [9.17, 15) is 9.59 Å². The number of nitrogens with one attached hydrogen (secondary N) is 1. The first-order chi connectivity index (χ1) is 6.15. The Bertz CT molecular complexity index is 208. The molecule has 5 heteroatoms. The summed E-state index contributed by atoms with van der Waals surface area (Å²) in [4.78, 5) is 21.6. The fourth-order valence-electron chi connectivity index (χ4n) is 1.44. The summed E-state index contributed by atoms with van der Waals surface area (Å²) in [7, 11) is 1.34. The predicted molar refractivity (Wildman–Crippen MR) is 44.2 cm³/mol. The monoisotopic (exact) mass is 187 g/mol. The van der Waals surface area contributed by atoms with Crippen LogP contribution in [0.15, 0.2) is 0 Å². The van der Waals surface area contributed by atoms with Crippen LogP contribution in [-0.4, -0.2) is 36.7 Å². The molecule has 0 aromatic carbocycles. The quantitative estimate of drug-likeness (QED) is 0.576. The van der Waals surface area contributed by atoms with Gasteiger partial charge in [0, 0.05) is 6.54 Å². The maximum absolute atomic E-state index is 11.0. The molecule has 0 aromatic heterocycles. The van der Waals surface area contributed by atoms with Gasteiger partial charge >= 0.3 is 11.9 Å². The van der Waals surface area contributed by atoms with Crippen LogP contribution in [-0.2, 0) is 14.3 Å². The zero-order valence-corrected chi connectivity index (χ0v) is 7.45. The van der Waals surface area contributed by atoms with Crippen LogP contribution in [0.4, 0.5) is 0 Å². The number of carbonyl (C=O) groups is 2. The molecular formula is C8H13NO4. The first-order valence-electron chi connectivity index (χ1n) is 4.19. The molecule has 74 valence electrons. The molecule has 0 bridgehead atoms. The molecule has 1 aliphatic heterocycles. The van der Waals surface area contributed by atoms with E-state index in [4.69, 9.17) is 5.11 Å². The van der Waals surface area contributed by atoms with Crippen LogP contribution >= 0.6 is 0 Å². The molecule has 2 atom stereocenters. The van der Waals surface area contributed by atoms with E-state index in [-0.39, 0.29) is 11.9 Å². The van der Waals surface area contributed by atoms with E-state index >= 15 is 0 Å². The lowest BCUT2D eigenvalue weighted by atomic mass is 9.95. The summed E-state index contributed by atoms with van der Waals surface area (Å²) in [6.07, 6.45) is 1.06. The molecule has 0 saturated carbocycles. The Kier molecular flexibility index (Phi) is 3.25. The normalized spacial score (nSPS) is 28.1. The van der Waals surface area contributed by atoms with Crippen molar-refractivity contribution >= 4 is 11.9 Å². The third kappa shape index (κ3) is 2.42. The number of carbonyl (C=O) groups excluding carboxylic acids is 1. The van der Waals surface area contributed by atoms with Gasteiger partial charge in [0.1, 0.15) is 6.04 Å². The van der Waals surface area contributed by atoms with Gasteiger partial charge < -0.3 is 15.2 Å². The number of hydrogen-bond donors (Lipinski definition) is 2. The number of carboxylic acids is 1. The van der Waals surface area contributed by atoms with Gasteiger partial charge in [-0.05, 0) is 12.8 Å². The van der Waals surface area contributed by atoms with E-state index in [2.05, 4.69) is 10.1 Å². The maximum Gasteiger partial charge on any atom is 0.320 e. The summed E-state index contributed by atoms with van der Waals surface area (Å²) in [5.41, 5.74) is 0. The fraction of sp³-hybridized carbons (Fsp3) is 0.750. The zero-order chi connectivity index (χ0) is 9.84. The molecule has 1 aliphatic rings. The number of ether oxygens (including phenoxy) is 1. The summed E-state index contributed by atoms with van der Waals surface area (Å²) in [5.74, 6) is -1.32. The summed E-state index contributed by atoms with van der Waals surface area (Å²) in [6.45, 7) is 0.393. The van der Waals surface area contributed by atoms with E-state index in [1.807, 2.05) is 0 Å². The Morgan fingerprint density at radius 1 is 1.46 bits per heavy atom. The SMILES string of the molecule is COC(=O)[C@H]1CC[C@H](C(=O)O)NC1. The molecule has 5 nitrogen and oxygen atoms in total. The predicted octanol–water partition coefficient (Wildman–Crippen LogP) is -0.388. The van der Waals surface area contributed by atoms with Crippen molar-refractivity contribution in [3.63, 3.8) is 0 Å². The van der Waals surface area contributed by atoms with Crippen molar-refractivity contribution in [1.82, 2.24) is 5.32 Å². The number of hydrogen-bond acceptors (Lipinski definition) is 4. The Hall–Kier alpha value is -1.10. The highest BCUT2D eigenvalue weighted by molar-refractivity contribution is 5.76. The molecule has 1 heterocycles. The summed E-state index contributed by atoms with van der Waals surface area (Å²) < 4.78 is 4.56. The van der Waals surface area contributed by atoms with Gasteiger partial charge in [-0.15, -0.1) is 0 Å². The third-order valence-electron chi connectivity index (χ3n) is 2.25. The van der Waals surface area contributed by atoms with Gasteiger partial charge in [0.25, 0.3) is 0 Å². The molecule has 13 heavy (non-hydrogen) atoms. The number of methoxy groups -OCH3 is 1. The summed E-state index contributed by atoms with van der Waals surface area (Å²) in [6, 6.07) is -0.513. The minimum Gasteiger partial charge on any atom is -0.480 e. The van der Waals surface area contributed by atoms with Crippen LogP contribution < -0.4 is 5.32 Å². The van der Waals surface area contributed by atoms with Crippen LogP contribution in [0.5, 0.6) is 0 Å². The lowest BCUT2D eigenvalue weighted by Gasteiger charge is -2.25. The minimum atomic E-state index is -0.858. The van der Waals surface area contributed by atoms with Crippen molar-refractivity contribution < 1.29 is 19.4 Å². The highest BCUT2D eigenvalue weighted by Crippen LogP contribution is 2.15. The number of rotatable bonds is 2. The third-order valence-corrected chi connectivity index (χ3v) is 2.25. The van der Waals surface area contributed by atoms with Gasteiger partial charge in [0.05, 0.1) is 13.0 Å². The fourth-order valence-corrected chi connectivity index (χ4v) is 1.44. The van der Waals surface area contributed by atoms with Crippen LogP contribution in [0.2, 0.25) is 0 Å². The molecule has 0 aromatic rings. The van der Waals surface area contributed by atoms with Gasteiger partial charge in [-0.2, -0.15) is 0 Å². The van der Waals surface area contributed by atoms with Crippen molar-refractivity contribution in [3.8, 4) is 0 Å². The molecule has 0 spiro atoms. The molecule has 0 radical (unpaired) electrons. The Morgan fingerprint density at radius 3 is 2.54 bits per heavy atom. The molecule has 1 rings (SSSR count). The highest BCUT2D eigenvalue weighted by atomic mass is 16.5. The molecule has 0 aliphatic carbocycles. The largest absolute Gasteiger partial charge is 0.480 e. The first-order valence-corrected chi connectivity index (χ1v) is 4.19. The van der Waals surface area contributed by atoms with Gasteiger partial charge in [0.2, 0.25) is 0 Å². The van der Waals surface area contributed by atoms with Crippen LogP contribution in [0.1, 0.15) is 12.8 Å². The van der Waals surface area contributed by atoms with Gasteiger partial charge in [-0.25, -0.2) is 0 Å². The second kappa shape index (κ2) is 4.23. The average Bonchev–Trinajstić information content (AvgIpc) is 2.17. The standard InChI is InChI=1S/C8H13NO4/c1-13-8(12)5-2-3-6(7(10)11)9-4-5/h5-6,9H,2-4H2,1H3,(H,10,11)/t5-,6+/m0/s1. The number of piperidine rings is 1. The van der Waals surface area contributed by atoms with E-state index in [0.717, 1.165) is 0 Å². The lowest BCUT2D eigenvalue weighted by molar-refractivity contribution is -0.148. The van der Waals surface area contributed by atoms with Crippen LogP contribution in [0.25, 0.3) is 0 Å². The second-order valence-electron chi connectivity index (χ2n) is 3.10. The molecular weight excluding hydrogens is 174 g/mol. The van der Waals surface area contributed by atoms with Crippen molar-refractivity contribution in [3.05, 3.63) is 0 Å². The topological polar surface area (TPSA) is 75.6 Å². The van der Waals surface area contributed by atoms with Gasteiger partial charge in [-0.1, -0.05) is 0 Å². The van der Waals surface area contributed by atoms with E-state index < -0.39 is 12.0 Å². The Morgan fingerprint density at radius 2 is 2.15 bits per heavy atom. The molecule has 0 amide bonds. The first kappa shape index (κ1) is 9.98. The van der Waals surface area contributed by atoms with Crippen molar-refractivity contribution in [2.45, 2.75) is 18.9 Å². The van der Waals surface area contributed by atoms with Crippen molar-refractivity contribution in [1.29, 1.82) is 0 Å². The van der Waals surface area contributed by atoms with E-state index in [1.54, 1.807) is 0 Å². The number of aliphatic carboxylic acids is 1. The van der Waals surface area contributed by atoms with Gasteiger partial charge in [0.15, 0.2) is 0 Å². The smallest absolute Gasteiger partial charge is 0.320 e. The van der Waals surface area contributed by atoms with Crippen molar-refractivity contribution in [2.24, 2.45) is 5.92 Å². The minimum absolute atomic E-state index is 0.194. The number of esters is 1. The molecule has 1 saturated heterocycles.